The molecule has 3 rings (SSSR count). The van der Waals surface area contributed by atoms with E-state index >= 15 is 0 Å². The van der Waals surface area contributed by atoms with Crippen molar-refractivity contribution >= 4 is 25.8 Å². The molecule has 1 aliphatic heterocycles. The van der Waals surface area contributed by atoms with Crippen molar-refractivity contribution < 1.29 is 19.1 Å². The van der Waals surface area contributed by atoms with Crippen LogP contribution in [0.25, 0.3) is 11.3 Å². The average Bonchev–Trinajstić information content (AvgIpc) is 3.18. The number of rotatable bonds is 6. The third kappa shape index (κ3) is 9.16. The number of nitrogens with zero attached hydrogens (tertiary/aromatic N) is 2. The van der Waals surface area contributed by atoms with Gasteiger partial charge in [-0.15, -0.1) is 0 Å². The third-order valence-corrected chi connectivity index (χ3v) is 7.56. The van der Waals surface area contributed by atoms with Crippen LogP contribution in [0.15, 0.2) is 42.6 Å². The van der Waals surface area contributed by atoms with Crippen LogP contribution in [0.1, 0.15) is 52.4 Å². The predicted molar refractivity (Wildman–Crippen MR) is 150 cm³/mol. The Hall–Kier alpha value is -2.91. The van der Waals surface area contributed by atoms with Crippen molar-refractivity contribution in [2.45, 2.75) is 84.6 Å². The summed E-state index contributed by atoms with van der Waals surface area (Å²) >= 11 is 0. The van der Waals surface area contributed by atoms with Crippen LogP contribution in [0, 0.1) is 5.92 Å². The van der Waals surface area contributed by atoms with Crippen molar-refractivity contribution in [3.8, 4) is 11.3 Å². The van der Waals surface area contributed by atoms with Crippen molar-refractivity contribution in [1.29, 1.82) is 0 Å². The molecular weight excluding hydrogens is 484 g/mol. The van der Waals surface area contributed by atoms with Gasteiger partial charge in [-0.05, 0) is 45.2 Å². The van der Waals surface area contributed by atoms with Gasteiger partial charge in [0.25, 0.3) is 0 Å². The quantitative estimate of drug-likeness (QED) is 0.260. The Morgan fingerprint density at radius 3 is 2.68 bits per heavy atom. The van der Waals surface area contributed by atoms with Crippen LogP contribution < -0.4 is 10.6 Å². The summed E-state index contributed by atoms with van der Waals surface area (Å²) in [5, 5.41) is 6.06. The molecule has 2 N–H and O–H groups in total. The molecule has 2 heterocycles. The van der Waals surface area contributed by atoms with Gasteiger partial charge >= 0.3 is 6.09 Å². The fourth-order valence-corrected chi connectivity index (χ4v) is 4.74. The molecular formula is C28H42N4O4Si. The number of benzene rings is 1. The van der Waals surface area contributed by atoms with Gasteiger partial charge in [-0.3, -0.25) is 4.79 Å². The number of hydrogen-bond donors (Lipinski definition) is 2. The SMILES string of the molecule is CC1/C=C/C[C@H](NC(=O)OC(C)(C)C)c2nc(cn2COCC[Si](C)(C)C)-c2ccccc2NC(=O)C1. The number of aromatic nitrogens is 2. The summed E-state index contributed by atoms with van der Waals surface area (Å²) in [7, 11) is -1.24. The molecule has 0 saturated carbocycles. The molecule has 1 aliphatic rings. The molecule has 1 aromatic carbocycles. The number of nitrogens with one attached hydrogen (secondary N) is 2. The van der Waals surface area contributed by atoms with E-state index in [2.05, 4.69) is 30.3 Å². The van der Waals surface area contributed by atoms with Crippen molar-refractivity contribution in [3.05, 3.63) is 48.4 Å². The first-order valence-electron chi connectivity index (χ1n) is 13.0. The Kier molecular flexibility index (Phi) is 9.36. The topological polar surface area (TPSA) is 94.5 Å². The van der Waals surface area contributed by atoms with Crippen LogP contribution in [-0.2, 0) is 21.0 Å². The van der Waals surface area contributed by atoms with Crippen molar-refractivity contribution in [2.75, 3.05) is 11.9 Å². The number of imidazole rings is 1. The van der Waals surface area contributed by atoms with E-state index in [0.29, 0.717) is 43.4 Å². The van der Waals surface area contributed by atoms with Crippen LogP contribution in [0.2, 0.25) is 25.7 Å². The smallest absolute Gasteiger partial charge is 0.408 e. The summed E-state index contributed by atoms with van der Waals surface area (Å²) in [6, 6.07) is 8.25. The molecule has 2 atom stereocenters. The lowest BCUT2D eigenvalue weighted by molar-refractivity contribution is -0.116. The van der Waals surface area contributed by atoms with Gasteiger partial charge in [0.05, 0.1) is 17.4 Å². The Morgan fingerprint density at radius 1 is 1.24 bits per heavy atom. The average molecular weight is 527 g/mol. The summed E-state index contributed by atoms with van der Waals surface area (Å²) in [4.78, 5) is 30.5. The highest BCUT2D eigenvalue weighted by molar-refractivity contribution is 6.76. The number of anilines is 1. The van der Waals surface area contributed by atoms with Gasteiger partial charge in [0.2, 0.25) is 5.91 Å². The largest absolute Gasteiger partial charge is 0.444 e. The van der Waals surface area contributed by atoms with Crippen LogP contribution in [0.4, 0.5) is 10.5 Å². The number of amides is 2. The Labute approximate surface area is 221 Å². The van der Waals surface area contributed by atoms with Gasteiger partial charge in [0.1, 0.15) is 18.2 Å². The Balaban J connectivity index is 2.02. The zero-order chi connectivity index (χ0) is 27.2. The lowest BCUT2D eigenvalue weighted by atomic mass is 10.0. The molecule has 0 saturated heterocycles. The van der Waals surface area contributed by atoms with E-state index in [1.165, 1.54) is 0 Å². The van der Waals surface area contributed by atoms with Crippen LogP contribution in [0.5, 0.6) is 0 Å². The van der Waals surface area contributed by atoms with Crippen LogP contribution in [-0.4, -0.2) is 41.8 Å². The number of carbonyl (C=O) groups is 2. The standard InChI is InChI=1S/C28H42N4O4Si/c1-20-11-10-14-23(31-27(34)36-28(2,3)4)26-30-24(18-32(26)19-35-15-16-37(5,6)7)21-12-8-9-13-22(21)29-25(33)17-20/h8-13,18,20,23H,14-17,19H2,1-7H3,(H,29,33)(H,31,34)/b11-10+/t20?,23-/m0/s1. The summed E-state index contributed by atoms with van der Waals surface area (Å²) in [5.41, 5.74) is 1.60. The van der Waals surface area contributed by atoms with E-state index < -0.39 is 25.8 Å². The van der Waals surface area contributed by atoms with Gasteiger partial charge in [-0.2, -0.15) is 0 Å². The maximum Gasteiger partial charge on any atom is 0.408 e. The van der Waals surface area contributed by atoms with Crippen LogP contribution >= 0.6 is 0 Å². The molecule has 8 nitrogen and oxygen atoms in total. The molecule has 1 unspecified atom stereocenters. The normalized spacial score (nSPS) is 19.5. The maximum atomic E-state index is 12.8. The zero-order valence-corrected chi connectivity index (χ0v) is 24.3. The van der Waals surface area contributed by atoms with E-state index in [9.17, 15) is 9.59 Å². The number of allylic oxidation sites excluding steroid dienone is 1. The number of fused-ring (bicyclic) bond motifs is 4. The van der Waals surface area contributed by atoms with Gasteiger partial charge in [-0.1, -0.05) is 56.9 Å². The van der Waals surface area contributed by atoms with Gasteiger partial charge < -0.3 is 24.7 Å². The first-order chi connectivity index (χ1) is 17.3. The molecule has 9 heteroatoms. The minimum atomic E-state index is -1.24. The van der Waals surface area contributed by atoms with Gasteiger partial charge in [-0.25, -0.2) is 9.78 Å². The fraction of sp³-hybridized carbons (Fsp3) is 0.536. The number of carbonyl (C=O) groups excluding carboxylic acids is 2. The fourth-order valence-electron chi connectivity index (χ4n) is 3.99. The third-order valence-electron chi connectivity index (χ3n) is 5.86. The van der Waals surface area contributed by atoms with Crippen molar-refractivity contribution in [3.63, 3.8) is 0 Å². The molecule has 0 fully saturated rings. The monoisotopic (exact) mass is 526 g/mol. The van der Waals surface area contributed by atoms with Crippen LogP contribution in [0.3, 0.4) is 0 Å². The van der Waals surface area contributed by atoms with E-state index in [1.54, 1.807) is 0 Å². The minimum absolute atomic E-state index is 0.0365. The maximum absolute atomic E-state index is 12.8. The molecule has 0 radical (unpaired) electrons. The predicted octanol–water partition coefficient (Wildman–Crippen LogP) is 6.35. The van der Waals surface area contributed by atoms with Gasteiger partial charge in [0, 0.05) is 32.9 Å². The lowest BCUT2D eigenvalue weighted by Gasteiger charge is -2.23. The molecule has 2 bridgehead atoms. The summed E-state index contributed by atoms with van der Waals surface area (Å²) in [6.07, 6.45) is 6.28. The van der Waals surface area contributed by atoms with E-state index in [1.807, 2.05) is 74.9 Å². The van der Waals surface area contributed by atoms with E-state index in [-0.39, 0.29) is 11.8 Å². The highest BCUT2D eigenvalue weighted by Gasteiger charge is 2.25. The second-order valence-corrected chi connectivity index (χ2v) is 17.6. The summed E-state index contributed by atoms with van der Waals surface area (Å²) in [6.45, 7) is 15.5. The van der Waals surface area contributed by atoms with Crippen molar-refractivity contribution in [1.82, 2.24) is 14.9 Å². The second kappa shape index (κ2) is 12.1. The number of ether oxygens (including phenoxy) is 2. The summed E-state index contributed by atoms with van der Waals surface area (Å²) in [5.74, 6) is 0.655. The molecule has 0 aliphatic carbocycles. The minimum Gasteiger partial charge on any atom is -0.444 e. The number of hydrogen-bond acceptors (Lipinski definition) is 5. The second-order valence-electron chi connectivity index (χ2n) is 11.9. The molecule has 2 aromatic rings. The van der Waals surface area contributed by atoms with Gasteiger partial charge in [0.15, 0.2) is 0 Å². The van der Waals surface area contributed by atoms with E-state index in [0.717, 1.165) is 11.6 Å². The first kappa shape index (κ1) is 28.7. The lowest BCUT2D eigenvalue weighted by Crippen LogP contribution is -2.36. The van der Waals surface area contributed by atoms with E-state index in [4.69, 9.17) is 14.5 Å². The molecule has 2 amide bonds. The highest BCUT2D eigenvalue weighted by atomic mass is 28.3. The first-order valence-corrected chi connectivity index (χ1v) is 16.7. The zero-order valence-electron chi connectivity index (χ0n) is 23.3. The molecule has 1 aromatic heterocycles. The highest BCUT2D eigenvalue weighted by Crippen LogP contribution is 2.30. The molecule has 0 spiro atoms. The Bertz CT molecular complexity index is 1110. The molecule has 37 heavy (non-hydrogen) atoms. The number of para-hydroxylation sites is 1. The number of alkyl carbamates (subject to hydrolysis) is 1. The molecule has 202 valence electrons. The van der Waals surface area contributed by atoms with Crippen molar-refractivity contribution in [2.24, 2.45) is 5.92 Å². The Morgan fingerprint density at radius 2 is 1.97 bits per heavy atom. The summed E-state index contributed by atoms with van der Waals surface area (Å²) < 4.78 is 13.6.